The van der Waals surface area contributed by atoms with Gasteiger partial charge in [0.25, 0.3) is 0 Å². The molecule has 8 heteroatoms. The number of esters is 1. The quantitative estimate of drug-likeness (QED) is 0.211. The van der Waals surface area contributed by atoms with Crippen LogP contribution in [0, 0.1) is 0 Å². The number of benzene rings is 3. The zero-order valence-electron chi connectivity index (χ0n) is 16.6. The zero-order valence-corrected chi connectivity index (χ0v) is 16.6. The van der Waals surface area contributed by atoms with Crippen molar-refractivity contribution in [3.8, 4) is 11.5 Å². The third kappa shape index (κ3) is 6.26. The summed E-state index contributed by atoms with van der Waals surface area (Å²) in [5.41, 5.74) is 3.68. The SMILES string of the molecule is COc1ccc(C(=O)Oc2ccc(C=NNC(=O)C(=O)Nc3ccccc3)cc2)cc1. The maximum Gasteiger partial charge on any atom is 0.343 e. The number of nitrogens with zero attached hydrogens (tertiary/aromatic N) is 1. The molecule has 0 saturated carbocycles. The normalized spacial score (nSPS) is 10.4. The maximum absolute atomic E-state index is 12.2. The minimum atomic E-state index is -0.898. The van der Waals surface area contributed by atoms with Gasteiger partial charge in [-0.05, 0) is 66.2 Å². The number of ether oxygens (including phenoxy) is 2. The molecule has 8 nitrogen and oxygen atoms in total. The molecule has 3 rings (SSSR count). The van der Waals surface area contributed by atoms with Gasteiger partial charge in [0.1, 0.15) is 11.5 Å². The molecule has 31 heavy (non-hydrogen) atoms. The Morgan fingerprint density at radius 1 is 0.806 bits per heavy atom. The van der Waals surface area contributed by atoms with Crippen molar-refractivity contribution in [2.45, 2.75) is 0 Å². The number of methoxy groups -OCH3 is 1. The fourth-order valence-corrected chi connectivity index (χ4v) is 2.44. The van der Waals surface area contributed by atoms with E-state index < -0.39 is 17.8 Å². The third-order valence-corrected chi connectivity index (χ3v) is 4.03. The van der Waals surface area contributed by atoms with Crippen LogP contribution in [0.4, 0.5) is 5.69 Å². The molecule has 0 spiro atoms. The van der Waals surface area contributed by atoms with Crippen LogP contribution in [0.25, 0.3) is 0 Å². The standard InChI is InChI=1S/C23H19N3O5/c1-30-19-13-9-17(10-14-19)23(29)31-20-11-7-16(8-12-20)15-24-26-22(28)21(27)25-18-5-3-2-4-6-18/h2-15H,1H3,(H,25,27)(H,26,28). The number of hydrogen-bond donors (Lipinski definition) is 2. The van der Waals surface area contributed by atoms with E-state index in [4.69, 9.17) is 9.47 Å². The molecule has 156 valence electrons. The van der Waals surface area contributed by atoms with Crippen LogP contribution in [0.1, 0.15) is 15.9 Å². The summed E-state index contributed by atoms with van der Waals surface area (Å²) in [7, 11) is 1.54. The highest BCUT2D eigenvalue weighted by molar-refractivity contribution is 6.39. The number of carbonyl (C=O) groups excluding carboxylic acids is 3. The van der Waals surface area contributed by atoms with Gasteiger partial charge >= 0.3 is 17.8 Å². The first kappa shape index (κ1) is 21.3. The highest BCUT2D eigenvalue weighted by atomic mass is 16.5. The first-order valence-corrected chi connectivity index (χ1v) is 9.21. The Morgan fingerprint density at radius 2 is 1.45 bits per heavy atom. The van der Waals surface area contributed by atoms with E-state index in [1.54, 1.807) is 86.0 Å². The van der Waals surface area contributed by atoms with E-state index in [9.17, 15) is 14.4 Å². The molecule has 0 heterocycles. The van der Waals surface area contributed by atoms with Crippen molar-refractivity contribution >= 4 is 29.7 Å². The van der Waals surface area contributed by atoms with Crippen LogP contribution >= 0.6 is 0 Å². The zero-order chi connectivity index (χ0) is 22.1. The summed E-state index contributed by atoms with van der Waals surface area (Å²) in [6, 6.07) is 21.6. The lowest BCUT2D eigenvalue weighted by molar-refractivity contribution is -0.136. The molecule has 3 aromatic rings. The molecule has 0 bridgehead atoms. The summed E-state index contributed by atoms with van der Waals surface area (Å²) in [5, 5.41) is 6.21. The number of hydrazone groups is 1. The number of para-hydroxylation sites is 1. The Kier molecular flexibility index (Phi) is 7.10. The number of amides is 2. The lowest BCUT2D eigenvalue weighted by Crippen LogP contribution is -2.32. The molecule has 0 fully saturated rings. The first-order chi connectivity index (χ1) is 15.0. The second-order valence-electron chi connectivity index (χ2n) is 6.21. The number of nitrogens with one attached hydrogen (secondary N) is 2. The molecule has 0 atom stereocenters. The van der Waals surface area contributed by atoms with Crippen molar-refractivity contribution in [1.29, 1.82) is 0 Å². The van der Waals surface area contributed by atoms with E-state index in [2.05, 4.69) is 15.8 Å². The molecule has 0 aromatic heterocycles. The number of hydrogen-bond acceptors (Lipinski definition) is 6. The Labute approximate surface area is 178 Å². The summed E-state index contributed by atoms with van der Waals surface area (Å²) in [6.07, 6.45) is 1.36. The molecule has 3 aromatic carbocycles. The fourth-order valence-electron chi connectivity index (χ4n) is 2.44. The van der Waals surface area contributed by atoms with E-state index in [0.717, 1.165) is 0 Å². The van der Waals surface area contributed by atoms with Crippen LogP contribution in [0.2, 0.25) is 0 Å². The second kappa shape index (κ2) is 10.4. The highest BCUT2D eigenvalue weighted by Crippen LogP contribution is 2.16. The monoisotopic (exact) mass is 417 g/mol. The molecule has 0 aliphatic heterocycles. The average Bonchev–Trinajstić information content (AvgIpc) is 2.80. The lowest BCUT2D eigenvalue weighted by atomic mass is 10.2. The Morgan fingerprint density at radius 3 is 2.10 bits per heavy atom. The van der Waals surface area contributed by atoms with Crippen molar-refractivity contribution in [1.82, 2.24) is 5.43 Å². The second-order valence-corrected chi connectivity index (χ2v) is 6.21. The third-order valence-electron chi connectivity index (χ3n) is 4.03. The van der Waals surface area contributed by atoms with Gasteiger partial charge < -0.3 is 14.8 Å². The van der Waals surface area contributed by atoms with Crippen LogP contribution in [-0.4, -0.2) is 31.1 Å². The minimum Gasteiger partial charge on any atom is -0.497 e. The van der Waals surface area contributed by atoms with Gasteiger partial charge in [-0.1, -0.05) is 18.2 Å². The molecule has 0 aliphatic rings. The largest absolute Gasteiger partial charge is 0.497 e. The van der Waals surface area contributed by atoms with Crippen molar-refractivity contribution in [3.05, 3.63) is 90.0 Å². The van der Waals surface area contributed by atoms with Crippen LogP contribution < -0.4 is 20.2 Å². The van der Waals surface area contributed by atoms with Crippen LogP contribution in [0.5, 0.6) is 11.5 Å². The Balaban J connectivity index is 1.50. The van der Waals surface area contributed by atoms with Crippen molar-refractivity contribution in [3.63, 3.8) is 0 Å². The molecule has 2 amide bonds. The molecule has 0 unspecified atom stereocenters. The van der Waals surface area contributed by atoms with Crippen LogP contribution in [0.15, 0.2) is 84.0 Å². The Hall–Kier alpha value is -4.46. The predicted molar refractivity (Wildman–Crippen MR) is 115 cm³/mol. The molecular weight excluding hydrogens is 398 g/mol. The van der Waals surface area contributed by atoms with Crippen molar-refractivity contribution in [2.24, 2.45) is 5.10 Å². The average molecular weight is 417 g/mol. The summed E-state index contributed by atoms with van der Waals surface area (Å²) in [5.74, 6) is -1.23. The topological polar surface area (TPSA) is 106 Å². The maximum atomic E-state index is 12.2. The van der Waals surface area contributed by atoms with Crippen molar-refractivity contribution in [2.75, 3.05) is 12.4 Å². The van der Waals surface area contributed by atoms with Gasteiger partial charge in [-0.2, -0.15) is 5.10 Å². The van der Waals surface area contributed by atoms with Gasteiger partial charge in [0.15, 0.2) is 0 Å². The Bertz CT molecular complexity index is 1080. The van der Waals surface area contributed by atoms with Gasteiger partial charge in [0.05, 0.1) is 18.9 Å². The summed E-state index contributed by atoms with van der Waals surface area (Å²) in [4.78, 5) is 35.8. The van der Waals surface area contributed by atoms with E-state index in [0.29, 0.717) is 28.3 Å². The smallest absolute Gasteiger partial charge is 0.343 e. The van der Waals surface area contributed by atoms with Gasteiger partial charge in [0, 0.05) is 5.69 Å². The molecular formula is C23H19N3O5. The number of anilines is 1. The van der Waals surface area contributed by atoms with Crippen molar-refractivity contribution < 1.29 is 23.9 Å². The van der Waals surface area contributed by atoms with Gasteiger partial charge in [-0.15, -0.1) is 0 Å². The molecule has 0 aliphatic carbocycles. The minimum absolute atomic E-state index is 0.351. The fraction of sp³-hybridized carbons (Fsp3) is 0.0435. The van der Waals surface area contributed by atoms with Gasteiger partial charge in [-0.3, -0.25) is 9.59 Å². The van der Waals surface area contributed by atoms with Crippen LogP contribution in [-0.2, 0) is 9.59 Å². The first-order valence-electron chi connectivity index (χ1n) is 9.21. The van der Waals surface area contributed by atoms with Gasteiger partial charge in [-0.25, -0.2) is 10.2 Å². The van der Waals surface area contributed by atoms with Crippen LogP contribution in [0.3, 0.4) is 0 Å². The number of carbonyl (C=O) groups is 3. The predicted octanol–water partition coefficient (Wildman–Crippen LogP) is 3.00. The summed E-state index contributed by atoms with van der Waals surface area (Å²) >= 11 is 0. The van der Waals surface area contributed by atoms with E-state index >= 15 is 0 Å². The lowest BCUT2D eigenvalue weighted by Gasteiger charge is -2.05. The number of rotatable bonds is 6. The van der Waals surface area contributed by atoms with Gasteiger partial charge in [0.2, 0.25) is 0 Å². The molecule has 2 N–H and O–H groups in total. The molecule has 0 radical (unpaired) electrons. The molecule has 0 saturated heterocycles. The van der Waals surface area contributed by atoms with E-state index in [1.807, 2.05) is 0 Å². The van der Waals surface area contributed by atoms with E-state index in [-0.39, 0.29) is 0 Å². The summed E-state index contributed by atoms with van der Waals surface area (Å²) < 4.78 is 10.4. The summed E-state index contributed by atoms with van der Waals surface area (Å²) in [6.45, 7) is 0. The van der Waals surface area contributed by atoms with E-state index in [1.165, 1.54) is 6.21 Å². The highest BCUT2D eigenvalue weighted by Gasteiger charge is 2.12.